The minimum absolute atomic E-state index is 0.543. The van der Waals surface area contributed by atoms with Gasteiger partial charge in [0, 0.05) is 36.2 Å². The number of para-hydroxylation sites is 1. The predicted molar refractivity (Wildman–Crippen MR) is 96.5 cm³/mol. The number of fused-ring (bicyclic) bond motifs is 1. The van der Waals surface area contributed by atoms with E-state index in [9.17, 15) is 0 Å². The molecule has 4 rings (SSSR count). The van der Waals surface area contributed by atoms with Gasteiger partial charge in [0.2, 0.25) is 0 Å². The molecule has 0 N–H and O–H groups in total. The third-order valence-corrected chi connectivity index (χ3v) is 5.37. The van der Waals surface area contributed by atoms with Crippen molar-refractivity contribution in [3.63, 3.8) is 0 Å². The summed E-state index contributed by atoms with van der Waals surface area (Å²) in [5, 5.41) is 1.43. The second kappa shape index (κ2) is 5.86. The van der Waals surface area contributed by atoms with Crippen LogP contribution in [0.5, 0.6) is 0 Å². The van der Waals surface area contributed by atoms with Crippen LogP contribution < -0.4 is 0 Å². The lowest BCUT2D eigenvalue weighted by molar-refractivity contribution is 0.249. The summed E-state index contributed by atoms with van der Waals surface area (Å²) in [6.45, 7) is 4.52. The van der Waals surface area contributed by atoms with E-state index in [2.05, 4.69) is 78.0 Å². The van der Waals surface area contributed by atoms with E-state index in [0.29, 0.717) is 6.04 Å². The number of rotatable bonds is 3. The first-order valence-corrected chi connectivity index (χ1v) is 8.57. The molecule has 1 unspecified atom stereocenters. The molecule has 1 atom stereocenters. The van der Waals surface area contributed by atoms with Gasteiger partial charge in [-0.15, -0.1) is 0 Å². The van der Waals surface area contributed by atoms with Crippen molar-refractivity contribution in [1.82, 2.24) is 9.47 Å². The van der Waals surface area contributed by atoms with Crippen LogP contribution in [0.2, 0.25) is 0 Å². The molecule has 118 valence electrons. The fraction of sp³-hybridized carbons (Fsp3) is 0.333. The van der Waals surface area contributed by atoms with E-state index >= 15 is 0 Å². The van der Waals surface area contributed by atoms with Gasteiger partial charge in [0.05, 0.1) is 0 Å². The Balaban J connectivity index is 1.73. The molecule has 0 spiro atoms. The van der Waals surface area contributed by atoms with Gasteiger partial charge in [-0.25, -0.2) is 0 Å². The maximum atomic E-state index is 2.66. The zero-order valence-electron chi connectivity index (χ0n) is 14.0. The van der Waals surface area contributed by atoms with E-state index in [4.69, 9.17) is 0 Å². The minimum Gasteiger partial charge on any atom is -0.348 e. The fourth-order valence-corrected chi connectivity index (χ4v) is 4.13. The van der Waals surface area contributed by atoms with E-state index in [-0.39, 0.29) is 0 Å². The highest BCUT2D eigenvalue weighted by Gasteiger charge is 2.30. The van der Waals surface area contributed by atoms with Gasteiger partial charge >= 0.3 is 0 Å². The Bertz CT molecular complexity index is 816. The van der Waals surface area contributed by atoms with Gasteiger partial charge in [-0.3, -0.25) is 4.90 Å². The molecule has 2 heteroatoms. The molecule has 2 aromatic carbocycles. The molecule has 3 aromatic rings. The molecule has 0 bridgehead atoms. The van der Waals surface area contributed by atoms with Crippen LogP contribution in [0.15, 0.2) is 54.6 Å². The molecule has 0 saturated carbocycles. The summed E-state index contributed by atoms with van der Waals surface area (Å²) in [7, 11) is 2.19. The molecular weight excluding hydrogens is 280 g/mol. The predicted octanol–water partition coefficient (Wildman–Crippen LogP) is 4.82. The normalized spacial score (nSPS) is 18.8. The molecular formula is C21H24N2. The van der Waals surface area contributed by atoms with Crippen LogP contribution in [0.1, 0.15) is 35.7 Å². The van der Waals surface area contributed by atoms with Gasteiger partial charge in [0.15, 0.2) is 0 Å². The Morgan fingerprint density at radius 3 is 2.57 bits per heavy atom. The lowest BCUT2D eigenvalue weighted by atomic mass is 10.0. The van der Waals surface area contributed by atoms with Crippen molar-refractivity contribution in [1.29, 1.82) is 0 Å². The first-order chi connectivity index (χ1) is 11.3. The molecule has 2 heterocycles. The number of benzene rings is 2. The second-order valence-corrected chi connectivity index (χ2v) is 6.69. The highest BCUT2D eigenvalue weighted by atomic mass is 15.2. The van der Waals surface area contributed by atoms with Crippen molar-refractivity contribution < 1.29 is 0 Å². The van der Waals surface area contributed by atoms with Crippen LogP contribution in [-0.2, 0) is 13.6 Å². The van der Waals surface area contributed by atoms with E-state index in [1.165, 1.54) is 47.1 Å². The van der Waals surface area contributed by atoms with Gasteiger partial charge in [-0.1, -0.05) is 48.5 Å². The molecule has 1 aliphatic heterocycles. The van der Waals surface area contributed by atoms with Crippen molar-refractivity contribution in [2.24, 2.45) is 7.05 Å². The summed E-state index contributed by atoms with van der Waals surface area (Å²) >= 11 is 0. The van der Waals surface area contributed by atoms with Crippen molar-refractivity contribution in [2.45, 2.75) is 32.4 Å². The Hall–Kier alpha value is -2.06. The van der Waals surface area contributed by atoms with Gasteiger partial charge in [0.25, 0.3) is 0 Å². The number of nitrogens with zero attached hydrogens (tertiary/aromatic N) is 2. The highest BCUT2D eigenvalue weighted by Crippen LogP contribution is 2.39. The summed E-state index contributed by atoms with van der Waals surface area (Å²) in [6.07, 6.45) is 2.56. The van der Waals surface area contributed by atoms with Crippen LogP contribution in [0, 0.1) is 6.92 Å². The van der Waals surface area contributed by atoms with Crippen LogP contribution in [-0.4, -0.2) is 16.0 Å². The molecule has 0 aliphatic carbocycles. The van der Waals surface area contributed by atoms with Gasteiger partial charge in [-0.05, 0) is 43.5 Å². The molecule has 23 heavy (non-hydrogen) atoms. The Kier molecular flexibility index (Phi) is 3.70. The average Bonchev–Trinajstić information content (AvgIpc) is 3.12. The van der Waals surface area contributed by atoms with Crippen molar-refractivity contribution in [2.75, 3.05) is 6.54 Å². The average molecular weight is 304 g/mol. The first-order valence-electron chi connectivity index (χ1n) is 8.57. The maximum absolute atomic E-state index is 2.66. The van der Waals surface area contributed by atoms with Crippen LogP contribution in [0.25, 0.3) is 10.9 Å². The Morgan fingerprint density at radius 2 is 1.74 bits per heavy atom. The van der Waals surface area contributed by atoms with Gasteiger partial charge in [0.1, 0.15) is 0 Å². The van der Waals surface area contributed by atoms with Crippen molar-refractivity contribution in [3.05, 3.63) is 71.4 Å². The SMILES string of the molecule is Cc1c(C2CCCN2Cc2ccccc2)c2ccccc2n1C. The maximum Gasteiger partial charge on any atom is 0.0483 e. The van der Waals surface area contributed by atoms with Crippen LogP contribution in [0.3, 0.4) is 0 Å². The number of hydrogen-bond acceptors (Lipinski definition) is 1. The quantitative estimate of drug-likeness (QED) is 0.673. The second-order valence-electron chi connectivity index (χ2n) is 6.69. The summed E-state index contributed by atoms with van der Waals surface area (Å²) in [5.41, 5.74) is 5.72. The Morgan fingerprint density at radius 1 is 1.00 bits per heavy atom. The standard InChI is InChI=1S/C21H24N2/c1-16-21(18-11-6-7-12-19(18)22(16)2)20-13-8-14-23(20)15-17-9-4-3-5-10-17/h3-7,9-12,20H,8,13-15H2,1-2H3. The third kappa shape index (κ3) is 2.47. The molecule has 0 amide bonds. The summed E-state index contributed by atoms with van der Waals surface area (Å²) in [5.74, 6) is 0. The summed E-state index contributed by atoms with van der Waals surface area (Å²) in [6, 6.07) is 20.2. The minimum atomic E-state index is 0.543. The smallest absolute Gasteiger partial charge is 0.0483 e. The van der Waals surface area contributed by atoms with Crippen LogP contribution >= 0.6 is 0 Å². The van der Waals surface area contributed by atoms with Crippen LogP contribution in [0.4, 0.5) is 0 Å². The third-order valence-electron chi connectivity index (χ3n) is 5.37. The fourth-order valence-electron chi connectivity index (χ4n) is 4.13. The van der Waals surface area contributed by atoms with Gasteiger partial charge in [-0.2, -0.15) is 0 Å². The van der Waals surface area contributed by atoms with Crippen molar-refractivity contribution in [3.8, 4) is 0 Å². The molecule has 1 aromatic heterocycles. The Labute approximate surface area is 138 Å². The molecule has 1 saturated heterocycles. The summed E-state index contributed by atoms with van der Waals surface area (Å²) in [4.78, 5) is 2.66. The number of aromatic nitrogens is 1. The largest absolute Gasteiger partial charge is 0.348 e. The number of hydrogen-bond donors (Lipinski definition) is 0. The van der Waals surface area contributed by atoms with Crippen molar-refractivity contribution >= 4 is 10.9 Å². The number of likely N-dealkylation sites (tertiary alicyclic amines) is 1. The first kappa shape index (κ1) is 14.5. The molecule has 1 fully saturated rings. The molecule has 1 aliphatic rings. The topological polar surface area (TPSA) is 8.17 Å². The molecule has 2 nitrogen and oxygen atoms in total. The lowest BCUT2D eigenvalue weighted by Gasteiger charge is -2.25. The van der Waals surface area contributed by atoms with E-state index in [1.54, 1.807) is 0 Å². The van der Waals surface area contributed by atoms with E-state index < -0.39 is 0 Å². The van der Waals surface area contributed by atoms with E-state index in [1.807, 2.05) is 0 Å². The lowest BCUT2D eigenvalue weighted by Crippen LogP contribution is -2.23. The zero-order valence-corrected chi connectivity index (χ0v) is 14.0. The highest BCUT2D eigenvalue weighted by molar-refractivity contribution is 5.86. The van der Waals surface area contributed by atoms with Gasteiger partial charge < -0.3 is 4.57 Å². The van der Waals surface area contributed by atoms with E-state index in [0.717, 1.165) is 6.54 Å². The monoisotopic (exact) mass is 304 g/mol. The molecule has 0 radical (unpaired) electrons. The zero-order chi connectivity index (χ0) is 15.8. The summed E-state index contributed by atoms with van der Waals surface area (Å²) < 4.78 is 2.35. The number of aryl methyl sites for hydroxylation is 1.